The van der Waals surface area contributed by atoms with Crippen LogP contribution in [-0.2, 0) is 25.3 Å². The highest BCUT2D eigenvalue weighted by atomic mass is 35.5. The number of nitrogens with one attached hydrogen (secondary N) is 1. The molecule has 3 unspecified atom stereocenters. The topological polar surface area (TPSA) is 81.7 Å². The Morgan fingerprint density at radius 2 is 1.93 bits per heavy atom. The Morgan fingerprint density at radius 3 is 2.43 bits per heavy atom. The highest BCUT2D eigenvalue weighted by Crippen LogP contribution is 2.61. The van der Waals surface area contributed by atoms with Gasteiger partial charge in [0.15, 0.2) is 0 Å². The molecule has 0 aromatic heterocycles. The average Bonchev–Trinajstić information content (AvgIpc) is 2.67. The molecule has 0 heterocycles. The minimum absolute atomic E-state index is 0.0129. The third-order valence-corrected chi connectivity index (χ3v) is 7.22. The molecule has 4 fully saturated rings. The summed E-state index contributed by atoms with van der Waals surface area (Å²) < 4.78 is 37.0. The largest absolute Gasteiger partial charge is 0.488 e. The zero-order chi connectivity index (χ0) is 22.1. The molecule has 1 aromatic rings. The number of esters is 1. The molecule has 4 bridgehead atoms. The van der Waals surface area contributed by atoms with Gasteiger partial charge in [-0.15, -0.1) is 0 Å². The Kier molecular flexibility index (Phi) is 7.07. The molecular formula is C21H27ClFNO5S. The van der Waals surface area contributed by atoms with Crippen LogP contribution >= 0.6 is 11.6 Å². The summed E-state index contributed by atoms with van der Waals surface area (Å²) in [5, 5.41) is 0.449. The summed E-state index contributed by atoms with van der Waals surface area (Å²) in [7, 11) is 0.292. The van der Waals surface area contributed by atoms with Crippen LogP contribution in [0.1, 0.15) is 37.7 Å². The lowest BCUT2D eigenvalue weighted by Gasteiger charge is -2.58. The molecule has 4 aliphatic carbocycles. The second-order valence-corrected chi connectivity index (χ2v) is 10.1. The molecule has 0 spiro atoms. The van der Waals surface area contributed by atoms with Gasteiger partial charge in [0.05, 0.1) is 17.5 Å². The van der Waals surface area contributed by atoms with Crippen molar-refractivity contribution < 1.29 is 27.7 Å². The summed E-state index contributed by atoms with van der Waals surface area (Å²) in [5.41, 5.74) is 0.190. The predicted molar refractivity (Wildman–Crippen MR) is 112 cm³/mol. The molecule has 5 rings (SSSR count). The molecule has 3 atom stereocenters. The average molecular weight is 460 g/mol. The molecule has 1 aromatic carbocycles. The fourth-order valence-corrected chi connectivity index (χ4v) is 5.97. The van der Waals surface area contributed by atoms with E-state index in [1.807, 2.05) is 4.72 Å². The van der Waals surface area contributed by atoms with Crippen LogP contribution in [0.3, 0.4) is 0 Å². The number of hydrogen-bond donors (Lipinski definition) is 1. The zero-order valence-corrected chi connectivity index (χ0v) is 18.9. The van der Waals surface area contributed by atoms with E-state index < -0.39 is 11.0 Å². The molecule has 4 aliphatic rings. The van der Waals surface area contributed by atoms with Crippen LogP contribution in [0.15, 0.2) is 12.1 Å². The molecule has 0 radical (unpaired) electrons. The molecule has 1 amide bonds. The van der Waals surface area contributed by atoms with Gasteiger partial charge in [0.25, 0.3) is 0 Å². The molecule has 1 N–H and O–H groups in total. The Balaban J connectivity index is 0.000000377. The number of rotatable bonds is 5. The van der Waals surface area contributed by atoms with E-state index in [4.69, 9.17) is 21.1 Å². The summed E-state index contributed by atoms with van der Waals surface area (Å²) in [6.45, 7) is 1.69. The number of methoxy groups -OCH3 is 1. The fourth-order valence-electron chi connectivity index (χ4n) is 5.57. The number of amides is 1. The molecule has 30 heavy (non-hydrogen) atoms. The maximum absolute atomic E-state index is 13.9. The molecule has 0 saturated heterocycles. The Bertz CT molecular complexity index is 835. The van der Waals surface area contributed by atoms with Crippen LogP contribution in [0.4, 0.5) is 4.39 Å². The normalized spacial score (nSPS) is 31.9. The molecular weight excluding hydrogens is 433 g/mol. The molecule has 0 aliphatic heterocycles. The highest BCUT2D eigenvalue weighted by molar-refractivity contribution is 7.82. The van der Waals surface area contributed by atoms with Gasteiger partial charge in [0, 0.05) is 12.3 Å². The van der Waals surface area contributed by atoms with Crippen LogP contribution in [0.25, 0.3) is 0 Å². The lowest BCUT2D eigenvalue weighted by Crippen LogP contribution is -2.58. The minimum Gasteiger partial charge on any atom is -0.488 e. The first kappa shape index (κ1) is 23.0. The Hall–Kier alpha value is -1.67. The van der Waals surface area contributed by atoms with Gasteiger partial charge in [-0.3, -0.25) is 14.3 Å². The van der Waals surface area contributed by atoms with Gasteiger partial charge >= 0.3 is 5.97 Å². The molecule has 6 nitrogen and oxygen atoms in total. The molecule has 9 heteroatoms. The second kappa shape index (κ2) is 9.22. The first-order valence-electron chi connectivity index (χ1n) is 9.93. The van der Waals surface area contributed by atoms with Crippen molar-refractivity contribution in [3.05, 3.63) is 28.5 Å². The summed E-state index contributed by atoms with van der Waals surface area (Å²) in [5.74, 6) is 1.26. The summed E-state index contributed by atoms with van der Waals surface area (Å²) in [6.07, 6.45) is 6.51. The number of carbonyl (C=O) groups excluding carboxylic acids is 2. The van der Waals surface area contributed by atoms with E-state index in [9.17, 15) is 18.2 Å². The molecule has 166 valence electrons. The van der Waals surface area contributed by atoms with Crippen molar-refractivity contribution in [2.24, 2.45) is 23.2 Å². The summed E-state index contributed by atoms with van der Waals surface area (Å²) in [4.78, 5) is 21.6. The van der Waals surface area contributed by atoms with E-state index in [-0.39, 0.29) is 23.3 Å². The van der Waals surface area contributed by atoms with E-state index in [2.05, 4.69) is 0 Å². The predicted octanol–water partition coefficient (Wildman–Crippen LogP) is 3.56. The maximum atomic E-state index is 13.9. The van der Waals surface area contributed by atoms with Gasteiger partial charge in [0.2, 0.25) is 6.41 Å². The molecule has 4 saturated carbocycles. The van der Waals surface area contributed by atoms with E-state index >= 15 is 0 Å². The lowest BCUT2D eigenvalue weighted by atomic mass is 9.48. The fraction of sp³-hybridized carbons (Fsp3) is 0.619. The standard InChI is InChI=1S/C19H22ClFO3.C2H5NO2S/c1-10-3-14(20)16(6-15(10)21)24-17-12-4-11-5-13(17)9-19(7-11,8-12)18(22)23-2;1-6(5)3-2-4/h3,6,11-13,17H,4-5,7-9H2,1-2H3;2H,1H3,(H,3,4). The Morgan fingerprint density at radius 1 is 1.30 bits per heavy atom. The number of aryl methyl sites for hydroxylation is 1. The highest BCUT2D eigenvalue weighted by Gasteiger charge is 2.60. The zero-order valence-electron chi connectivity index (χ0n) is 17.3. The van der Waals surface area contributed by atoms with Gasteiger partial charge < -0.3 is 9.47 Å². The third-order valence-electron chi connectivity index (χ3n) is 6.50. The van der Waals surface area contributed by atoms with Crippen LogP contribution in [0.2, 0.25) is 5.02 Å². The minimum atomic E-state index is -1.18. The first-order valence-corrected chi connectivity index (χ1v) is 11.9. The maximum Gasteiger partial charge on any atom is 0.311 e. The van der Waals surface area contributed by atoms with E-state index in [1.54, 1.807) is 13.0 Å². The van der Waals surface area contributed by atoms with Crippen LogP contribution in [0.5, 0.6) is 5.75 Å². The van der Waals surface area contributed by atoms with Crippen molar-refractivity contribution in [2.45, 2.75) is 45.1 Å². The Labute approximate surface area is 183 Å². The van der Waals surface area contributed by atoms with Gasteiger partial charge in [-0.25, -0.2) is 8.60 Å². The van der Waals surface area contributed by atoms with Crippen LogP contribution in [0, 0.1) is 35.9 Å². The van der Waals surface area contributed by atoms with Crippen LogP contribution in [-0.4, -0.2) is 36.1 Å². The van der Waals surface area contributed by atoms with Crippen molar-refractivity contribution in [1.29, 1.82) is 0 Å². The summed E-state index contributed by atoms with van der Waals surface area (Å²) in [6, 6.07) is 3.00. The quantitative estimate of drug-likeness (QED) is 0.537. The van der Waals surface area contributed by atoms with Crippen molar-refractivity contribution in [1.82, 2.24) is 4.72 Å². The van der Waals surface area contributed by atoms with Crippen molar-refractivity contribution in [3.8, 4) is 5.75 Å². The second-order valence-electron chi connectivity index (χ2n) is 8.55. The number of hydrogen-bond acceptors (Lipinski definition) is 5. The SMILES string of the molecule is COC(=O)C12CC3CC(C1)C(Oc1cc(F)c(C)cc1Cl)C(C3)C2.CS(=O)NC=O. The summed E-state index contributed by atoms with van der Waals surface area (Å²) >= 11 is 6.25. The van der Waals surface area contributed by atoms with E-state index in [0.29, 0.717) is 40.5 Å². The van der Waals surface area contributed by atoms with Gasteiger partial charge in [-0.05, 0) is 68.4 Å². The smallest absolute Gasteiger partial charge is 0.311 e. The van der Waals surface area contributed by atoms with Crippen molar-refractivity contribution in [3.63, 3.8) is 0 Å². The van der Waals surface area contributed by atoms with Crippen molar-refractivity contribution in [2.75, 3.05) is 13.4 Å². The number of benzene rings is 1. The van der Waals surface area contributed by atoms with Gasteiger partial charge in [-0.1, -0.05) is 11.6 Å². The van der Waals surface area contributed by atoms with Gasteiger partial charge in [-0.2, -0.15) is 0 Å². The van der Waals surface area contributed by atoms with E-state index in [1.165, 1.54) is 19.4 Å². The van der Waals surface area contributed by atoms with Gasteiger partial charge in [0.1, 0.15) is 28.7 Å². The van der Waals surface area contributed by atoms with Crippen molar-refractivity contribution >= 4 is 35.0 Å². The third kappa shape index (κ3) is 4.64. The monoisotopic (exact) mass is 459 g/mol. The number of carbonyl (C=O) groups is 2. The number of halogens is 2. The van der Waals surface area contributed by atoms with Crippen LogP contribution < -0.4 is 9.46 Å². The first-order chi connectivity index (χ1) is 14.2. The lowest BCUT2D eigenvalue weighted by molar-refractivity contribution is -0.179. The van der Waals surface area contributed by atoms with E-state index in [0.717, 1.165) is 32.1 Å². The number of ether oxygens (including phenoxy) is 2.